The second kappa shape index (κ2) is 8.77. The van der Waals surface area contributed by atoms with E-state index in [1.54, 1.807) is 30.3 Å². The average molecular weight is 439 g/mol. The molecule has 0 saturated carbocycles. The molecule has 1 N–H and O–H groups in total. The van der Waals surface area contributed by atoms with Crippen molar-refractivity contribution in [1.29, 1.82) is 0 Å². The Labute approximate surface area is 174 Å². The molecule has 1 aliphatic heterocycles. The van der Waals surface area contributed by atoms with Gasteiger partial charge in [-0.15, -0.1) is 0 Å². The summed E-state index contributed by atoms with van der Waals surface area (Å²) in [6.07, 6.45) is 1.55. The van der Waals surface area contributed by atoms with Crippen LogP contribution in [-0.2, 0) is 16.2 Å². The van der Waals surface area contributed by atoms with Crippen molar-refractivity contribution in [3.8, 4) is 5.75 Å². The Morgan fingerprint density at radius 1 is 1.32 bits per heavy atom. The van der Waals surface area contributed by atoms with E-state index in [9.17, 15) is 14.0 Å². The number of thioether (sulfide) groups is 1. The minimum Gasteiger partial charge on any atom is -0.488 e. The summed E-state index contributed by atoms with van der Waals surface area (Å²) in [4.78, 5) is 27.3. The molecular weight excluding hydrogens is 426 g/mol. The van der Waals surface area contributed by atoms with Gasteiger partial charge < -0.3 is 10.1 Å². The molecule has 0 aromatic heterocycles. The van der Waals surface area contributed by atoms with Crippen LogP contribution in [0, 0.1) is 5.82 Å². The topological polar surface area (TPSA) is 67.8 Å². The van der Waals surface area contributed by atoms with E-state index in [1.807, 2.05) is 0 Å². The minimum absolute atomic E-state index is 0.0992. The number of amidine groups is 1. The van der Waals surface area contributed by atoms with Crippen LogP contribution in [0.5, 0.6) is 5.75 Å². The third-order valence-electron chi connectivity index (χ3n) is 3.60. The minimum atomic E-state index is -0.489. The van der Waals surface area contributed by atoms with Crippen molar-refractivity contribution in [3.63, 3.8) is 0 Å². The molecule has 28 heavy (non-hydrogen) atoms. The van der Waals surface area contributed by atoms with Crippen molar-refractivity contribution in [2.75, 3.05) is 0 Å². The van der Waals surface area contributed by atoms with Crippen LogP contribution in [0.3, 0.4) is 0 Å². The summed E-state index contributed by atoms with van der Waals surface area (Å²) in [7, 11) is 0. The number of benzene rings is 2. The lowest BCUT2D eigenvalue weighted by Crippen LogP contribution is -2.23. The Bertz CT molecular complexity index is 1000. The summed E-state index contributed by atoms with van der Waals surface area (Å²) in [5.41, 5.74) is 0.732. The number of amides is 2. The quantitative estimate of drug-likeness (QED) is 0.694. The summed E-state index contributed by atoms with van der Waals surface area (Å²) < 4.78 is 19.7. The van der Waals surface area contributed by atoms with Crippen molar-refractivity contribution in [1.82, 2.24) is 5.32 Å². The number of hydrogen-bond acceptors (Lipinski definition) is 4. The number of carbonyl (C=O) groups is 2. The molecule has 5 nitrogen and oxygen atoms in total. The molecule has 0 saturated heterocycles. The average Bonchev–Trinajstić information content (AvgIpc) is 2.94. The second-order valence-corrected chi connectivity index (χ2v) is 7.56. The molecule has 0 radical (unpaired) electrons. The van der Waals surface area contributed by atoms with Crippen LogP contribution in [0.1, 0.15) is 18.1 Å². The number of nitrogens with zero attached hydrogens (tertiary/aromatic N) is 1. The lowest BCUT2D eigenvalue weighted by atomic mass is 10.1. The Morgan fingerprint density at radius 3 is 2.82 bits per heavy atom. The number of rotatable bonds is 4. The molecule has 1 heterocycles. The van der Waals surface area contributed by atoms with Gasteiger partial charge in [0.05, 0.1) is 9.93 Å². The van der Waals surface area contributed by atoms with E-state index in [2.05, 4.69) is 10.3 Å². The van der Waals surface area contributed by atoms with Crippen LogP contribution in [0.25, 0.3) is 6.08 Å². The van der Waals surface area contributed by atoms with Gasteiger partial charge in [0.15, 0.2) is 5.17 Å². The number of nitrogens with one attached hydrogen (secondary N) is 1. The maximum atomic E-state index is 13.9. The van der Waals surface area contributed by atoms with E-state index in [1.165, 1.54) is 19.1 Å². The number of hydrogen-bond donors (Lipinski definition) is 1. The van der Waals surface area contributed by atoms with Crippen LogP contribution in [-0.4, -0.2) is 17.0 Å². The van der Waals surface area contributed by atoms with Crippen molar-refractivity contribution in [2.45, 2.75) is 13.5 Å². The van der Waals surface area contributed by atoms with Gasteiger partial charge in [-0.1, -0.05) is 29.3 Å². The van der Waals surface area contributed by atoms with Crippen molar-refractivity contribution in [3.05, 3.63) is 68.3 Å². The molecule has 144 valence electrons. The molecule has 0 bridgehead atoms. The smallest absolute Gasteiger partial charge is 0.286 e. The van der Waals surface area contributed by atoms with E-state index in [0.717, 1.165) is 11.8 Å². The Morgan fingerprint density at radius 2 is 2.11 bits per heavy atom. The second-order valence-electron chi connectivity index (χ2n) is 5.68. The summed E-state index contributed by atoms with van der Waals surface area (Å²) >= 11 is 13.1. The number of halogens is 3. The van der Waals surface area contributed by atoms with Gasteiger partial charge in [-0.25, -0.2) is 4.39 Å². The fourth-order valence-electron chi connectivity index (χ4n) is 2.34. The van der Waals surface area contributed by atoms with Gasteiger partial charge in [-0.2, -0.15) is 4.99 Å². The van der Waals surface area contributed by atoms with Crippen LogP contribution < -0.4 is 10.1 Å². The molecule has 3 rings (SSSR count). The molecule has 1 aliphatic rings. The summed E-state index contributed by atoms with van der Waals surface area (Å²) in [5.74, 6) is -0.903. The molecule has 2 aromatic rings. The SMILES string of the molecule is CC(=O)NC1=NC(=O)/C(=C/c2cc(Cl)ccc2OCc2c(F)cccc2Cl)S1. The number of carbonyl (C=O) groups excluding carboxylic acids is 2. The van der Waals surface area contributed by atoms with E-state index < -0.39 is 11.7 Å². The van der Waals surface area contributed by atoms with Crippen molar-refractivity contribution in [2.24, 2.45) is 4.99 Å². The van der Waals surface area contributed by atoms with Gasteiger partial charge in [0.2, 0.25) is 5.91 Å². The van der Waals surface area contributed by atoms with Gasteiger partial charge in [0.1, 0.15) is 18.2 Å². The fraction of sp³-hybridized carbons (Fsp3) is 0.105. The predicted molar refractivity (Wildman–Crippen MR) is 109 cm³/mol. The summed E-state index contributed by atoms with van der Waals surface area (Å²) in [6, 6.07) is 9.21. The highest BCUT2D eigenvalue weighted by Crippen LogP contribution is 2.32. The Balaban J connectivity index is 1.84. The molecular formula is C19H13Cl2FN2O3S. The molecule has 0 unspecified atom stereocenters. The van der Waals surface area contributed by atoms with Crippen molar-refractivity contribution < 1.29 is 18.7 Å². The summed E-state index contributed by atoms with van der Waals surface area (Å²) in [5, 5.41) is 3.36. The predicted octanol–water partition coefficient (Wildman–Crippen LogP) is 4.82. The lowest BCUT2D eigenvalue weighted by Gasteiger charge is -2.12. The first-order chi connectivity index (χ1) is 13.3. The molecule has 0 atom stereocenters. The molecule has 9 heteroatoms. The zero-order valence-corrected chi connectivity index (χ0v) is 16.8. The summed E-state index contributed by atoms with van der Waals surface area (Å²) in [6.45, 7) is 1.23. The largest absolute Gasteiger partial charge is 0.488 e. The van der Waals surface area contributed by atoms with Crippen molar-refractivity contribution >= 4 is 58.0 Å². The normalized spacial score (nSPS) is 14.9. The van der Waals surface area contributed by atoms with Gasteiger partial charge in [-0.05, 0) is 48.2 Å². The standard InChI is InChI=1S/C19H13Cl2FN2O3S/c1-10(25)23-19-24-18(26)17(28-19)8-11-7-12(20)5-6-16(11)27-9-13-14(21)3-2-4-15(13)22/h2-8H,9H2,1H3,(H,23,24,25,26)/b17-8-. The van der Waals surface area contributed by atoms with E-state index in [0.29, 0.717) is 21.2 Å². The van der Waals surface area contributed by atoms with E-state index in [-0.39, 0.29) is 28.3 Å². The van der Waals surface area contributed by atoms with Gasteiger partial charge in [-0.3, -0.25) is 9.59 Å². The van der Waals surface area contributed by atoms with Gasteiger partial charge in [0.25, 0.3) is 5.91 Å². The zero-order chi connectivity index (χ0) is 20.3. The maximum Gasteiger partial charge on any atom is 0.286 e. The molecule has 0 aliphatic carbocycles. The monoisotopic (exact) mass is 438 g/mol. The first-order valence-corrected chi connectivity index (χ1v) is 9.56. The highest BCUT2D eigenvalue weighted by molar-refractivity contribution is 8.18. The molecule has 0 fully saturated rings. The first kappa shape index (κ1) is 20.4. The molecule has 2 aromatic carbocycles. The van der Waals surface area contributed by atoms with Crippen LogP contribution >= 0.6 is 35.0 Å². The Kier molecular flexibility index (Phi) is 6.39. The highest BCUT2D eigenvalue weighted by Gasteiger charge is 2.23. The molecule has 0 spiro atoms. The van der Waals surface area contributed by atoms with Crippen LogP contribution in [0.15, 0.2) is 46.3 Å². The number of ether oxygens (including phenoxy) is 1. The van der Waals surface area contributed by atoms with Crippen LogP contribution in [0.4, 0.5) is 4.39 Å². The zero-order valence-electron chi connectivity index (χ0n) is 14.5. The van der Waals surface area contributed by atoms with E-state index in [4.69, 9.17) is 27.9 Å². The van der Waals surface area contributed by atoms with Crippen LogP contribution in [0.2, 0.25) is 10.0 Å². The molecule has 2 amide bonds. The fourth-order valence-corrected chi connectivity index (χ4v) is 3.59. The maximum absolute atomic E-state index is 13.9. The highest BCUT2D eigenvalue weighted by atomic mass is 35.5. The van der Waals surface area contributed by atoms with Gasteiger partial charge >= 0.3 is 0 Å². The number of aliphatic imine (C=N–C) groups is 1. The van der Waals surface area contributed by atoms with Gasteiger partial charge in [0, 0.05) is 23.1 Å². The third-order valence-corrected chi connectivity index (χ3v) is 5.08. The Hall–Kier alpha value is -2.35. The third kappa shape index (κ3) is 4.92. The lowest BCUT2D eigenvalue weighted by molar-refractivity contribution is -0.117. The first-order valence-electron chi connectivity index (χ1n) is 7.99. The van der Waals surface area contributed by atoms with E-state index >= 15 is 0 Å².